The molecule has 1 aliphatic carbocycles. The highest BCUT2D eigenvalue weighted by molar-refractivity contribution is 9.10. The normalized spacial score (nSPS) is 24.6. The molecular formula is C16H23BrClN. The van der Waals surface area contributed by atoms with Gasteiger partial charge in [-0.3, -0.25) is 0 Å². The molecule has 3 atom stereocenters. The smallest absolute Gasteiger partial charge is 0.0449 e. The molecule has 1 fully saturated rings. The summed E-state index contributed by atoms with van der Waals surface area (Å²) in [7, 11) is 0. The Balaban J connectivity index is 2.07. The zero-order chi connectivity index (χ0) is 13.8. The van der Waals surface area contributed by atoms with Crippen molar-refractivity contribution in [2.24, 2.45) is 11.8 Å². The van der Waals surface area contributed by atoms with Crippen LogP contribution in [0.1, 0.15) is 38.7 Å². The first-order valence-corrected chi connectivity index (χ1v) is 8.44. The van der Waals surface area contributed by atoms with Gasteiger partial charge in [-0.05, 0) is 55.3 Å². The van der Waals surface area contributed by atoms with E-state index in [0.717, 1.165) is 34.3 Å². The number of nitrogens with one attached hydrogen (secondary N) is 1. The molecule has 3 unspecified atom stereocenters. The third-order valence-electron chi connectivity index (χ3n) is 4.23. The highest BCUT2D eigenvalue weighted by atomic mass is 79.9. The first kappa shape index (κ1) is 15.3. The number of rotatable bonds is 5. The molecule has 0 saturated heterocycles. The summed E-state index contributed by atoms with van der Waals surface area (Å²) in [4.78, 5) is 0. The molecular weight excluding hydrogens is 322 g/mol. The highest BCUT2D eigenvalue weighted by Crippen LogP contribution is 2.34. The van der Waals surface area contributed by atoms with E-state index >= 15 is 0 Å². The van der Waals surface area contributed by atoms with Gasteiger partial charge in [-0.25, -0.2) is 0 Å². The van der Waals surface area contributed by atoms with Crippen molar-refractivity contribution < 1.29 is 0 Å². The molecule has 0 aliphatic heterocycles. The molecule has 0 spiro atoms. The van der Waals surface area contributed by atoms with Crippen molar-refractivity contribution in [1.82, 2.24) is 5.32 Å². The van der Waals surface area contributed by atoms with Crippen molar-refractivity contribution in [2.45, 2.75) is 45.6 Å². The van der Waals surface area contributed by atoms with Crippen molar-refractivity contribution in [3.63, 3.8) is 0 Å². The predicted molar refractivity (Wildman–Crippen MR) is 86.8 cm³/mol. The molecule has 0 bridgehead atoms. The summed E-state index contributed by atoms with van der Waals surface area (Å²) in [5, 5.41) is 4.54. The summed E-state index contributed by atoms with van der Waals surface area (Å²) >= 11 is 9.82. The van der Waals surface area contributed by atoms with Crippen LogP contribution in [-0.2, 0) is 6.42 Å². The van der Waals surface area contributed by atoms with E-state index in [-0.39, 0.29) is 0 Å². The number of likely N-dealkylation sites (N-methyl/N-ethyl adjacent to an activating group) is 1. The van der Waals surface area contributed by atoms with Crippen LogP contribution < -0.4 is 5.32 Å². The standard InChI is InChI=1S/C16H23BrClN/c1-3-19-16(13-5-4-11(2)8-13)9-12-6-7-14(17)10-15(12)18/h6-7,10-11,13,16,19H,3-5,8-9H2,1-2H3. The Kier molecular flexibility index (Phi) is 5.73. The third-order valence-corrected chi connectivity index (χ3v) is 5.07. The summed E-state index contributed by atoms with van der Waals surface area (Å²) < 4.78 is 1.05. The minimum Gasteiger partial charge on any atom is -0.314 e. The summed E-state index contributed by atoms with van der Waals surface area (Å²) in [5.41, 5.74) is 1.26. The van der Waals surface area contributed by atoms with Crippen molar-refractivity contribution in [1.29, 1.82) is 0 Å². The minimum atomic E-state index is 0.564. The largest absolute Gasteiger partial charge is 0.314 e. The lowest BCUT2D eigenvalue weighted by Crippen LogP contribution is -2.37. The van der Waals surface area contributed by atoms with Crippen LogP contribution in [0.25, 0.3) is 0 Å². The van der Waals surface area contributed by atoms with Gasteiger partial charge in [0.25, 0.3) is 0 Å². The lowest BCUT2D eigenvalue weighted by Gasteiger charge is -2.25. The van der Waals surface area contributed by atoms with Gasteiger partial charge in [-0.1, -0.05) is 53.9 Å². The van der Waals surface area contributed by atoms with Crippen molar-refractivity contribution in [3.05, 3.63) is 33.3 Å². The van der Waals surface area contributed by atoms with Gasteiger partial charge < -0.3 is 5.32 Å². The zero-order valence-electron chi connectivity index (χ0n) is 11.8. The monoisotopic (exact) mass is 343 g/mol. The maximum absolute atomic E-state index is 6.35. The molecule has 1 aromatic rings. The van der Waals surface area contributed by atoms with E-state index in [9.17, 15) is 0 Å². The Bertz CT molecular complexity index is 421. The van der Waals surface area contributed by atoms with Crippen molar-refractivity contribution in [2.75, 3.05) is 6.54 Å². The third kappa shape index (κ3) is 4.21. The number of hydrogen-bond acceptors (Lipinski definition) is 1. The molecule has 19 heavy (non-hydrogen) atoms. The van der Waals surface area contributed by atoms with Crippen LogP contribution in [-0.4, -0.2) is 12.6 Å². The van der Waals surface area contributed by atoms with Crippen LogP contribution in [0.15, 0.2) is 22.7 Å². The zero-order valence-corrected chi connectivity index (χ0v) is 14.1. The van der Waals surface area contributed by atoms with E-state index in [4.69, 9.17) is 11.6 Å². The molecule has 1 nitrogen and oxygen atoms in total. The molecule has 0 amide bonds. The van der Waals surface area contributed by atoms with Crippen molar-refractivity contribution >= 4 is 27.5 Å². The Labute approximate surface area is 130 Å². The van der Waals surface area contributed by atoms with Crippen LogP contribution in [0.5, 0.6) is 0 Å². The molecule has 1 aromatic carbocycles. The highest BCUT2D eigenvalue weighted by Gasteiger charge is 2.28. The van der Waals surface area contributed by atoms with E-state index in [0.29, 0.717) is 6.04 Å². The van der Waals surface area contributed by atoms with E-state index in [2.05, 4.69) is 47.2 Å². The lowest BCUT2D eigenvalue weighted by atomic mass is 9.91. The van der Waals surface area contributed by atoms with Gasteiger partial charge >= 0.3 is 0 Å². The Morgan fingerprint density at radius 3 is 2.79 bits per heavy atom. The van der Waals surface area contributed by atoms with Gasteiger partial charge in [0.2, 0.25) is 0 Å². The molecule has 1 saturated carbocycles. The van der Waals surface area contributed by atoms with Crippen LogP contribution in [0, 0.1) is 11.8 Å². The minimum absolute atomic E-state index is 0.564. The van der Waals surface area contributed by atoms with Gasteiger partial charge in [0.15, 0.2) is 0 Å². The molecule has 0 heterocycles. The van der Waals surface area contributed by atoms with Crippen LogP contribution >= 0.6 is 27.5 Å². The molecule has 1 N–H and O–H groups in total. The van der Waals surface area contributed by atoms with Crippen molar-refractivity contribution in [3.8, 4) is 0 Å². The maximum Gasteiger partial charge on any atom is 0.0449 e. The maximum atomic E-state index is 6.35. The topological polar surface area (TPSA) is 12.0 Å². The van der Waals surface area contributed by atoms with E-state index < -0.39 is 0 Å². The fraction of sp³-hybridized carbons (Fsp3) is 0.625. The molecule has 2 rings (SSSR count). The Morgan fingerprint density at radius 1 is 1.42 bits per heavy atom. The first-order valence-electron chi connectivity index (χ1n) is 7.27. The summed E-state index contributed by atoms with van der Waals surface area (Å²) in [6.07, 6.45) is 5.12. The SMILES string of the molecule is CCNC(Cc1ccc(Br)cc1Cl)C1CCC(C)C1. The Hall–Kier alpha value is -0.0500. The Morgan fingerprint density at radius 2 is 2.21 bits per heavy atom. The van der Waals surface area contributed by atoms with Gasteiger partial charge in [0.05, 0.1) is 0 Å². The first-order chi connectivity index (χ1) is 9.10. The summed E-state index contributed by atoms with van der Waals surface area (Å²) in [6, 6.07) is 6.79. The van der Waals surface area contributed by atoms with Gasteiger partial charge in [0, 0.05) is 15.5 Å². The summed E-state index contributed by atoms with van der Waals surface area (Å²) in [6.45, 7) is 5.59. The van der Waals surface area contributed by atoms with E-state index in [1.807, 2.05) is 6.07 Å². The average molecular weight is 345 g/mol. The molecule has 106 valence electrons. The second-order valence-corrected chi connectivity index (χ2v) is 7.11. The van der Waals surface area contributed by atoms with Crippen LogP contribution in [0.4, 0.5) is 0 Å². The second-order valence-electron chi connectivity index (χ2n) is 5.78. The quantitative estimate of drug-likeness (QED) is 0.787. The molecule has 3 heteroatoms. The van der Waals surface area contributed by atoms with Gasteiger partial charge in [0.1, 0.15) is 0 Å². The van der Waals surface area contributed by atoms with E-state index in [1.54, 1.807) is 0 Å². The number of halogens is 2. The van der Waals surface area contributed by atoms with Gasteiger partial charge in [-0.15, -0.1) is 0 Å². The molecule has 0 radical (unpaired) electrons. The number of hydrogen-bond donors (Lipinski definition) is 1. The number of benzene rings is 1. The second kappa shape index (κ2) is 7.10. The lowest BCUT2D eigenvalue weighted by molar-refractivity contribution is 0.354. The molecule has 1 aliphatic rings. The average Bonchev–Trinajstić information content (AvgIpc) is 2.78. The van der Waals surface area contributed by atoms with Crippen LogP contribution in [0.2, 0.25) is 5.02 Å². The summed E-state index contributed by atoms with van der Waals surface area (Å²) in [5.74, 6) is 1.68. The van der Waals surface area contributed by atoms with E-state index in [1.165, 1.54) is 24.8 Å². The van der Waals surface area contributed by atoms with Crippen LogP contribution in [0.3, 0.4) is 0 Å². The molecule has 0 aromatic heterocycles. The fourth-order valence-corrected chi connectivity index (χ4v) is 3.96. The predicted octanol–water partition coefficient (Wildman–Crippen LogP) is 5.06. The van der Waals surface area contributed by atoms with Gasteiger partial charge in [-0.2, -0.15) is 0 Å². The fourth-order valence-electron chi connectivity index (χ4n) is 3.21.